The van der Waals surface area contributed by atoms with Crippen molar-refractivity contribution >= 4 is 11.6 Å². The highest BCUT2D eigenvalue weighted by atomic mass is 35.5. The Morgan fingerprint density at radius 3 is 2.78 bits per heavy atom. The molecule has 2 aromatic heterocycles. The topological polar surface area (TPSA) is 55.1 Å². The van der Waals surface area contributed by atoms with Crippen LogP contribution in [0.25, 0.3) is 11.4 Å². The molecule has 6 heteroatoms. The van der Waals surface area contributed by atoms with Gasteiger partial charge in [0.05, 0.1) is 6.54 Å². The van der Waals surface area contributed by atoms with Crippen LogP contribution >= 0.6 is 11.6 Å². The second-order valence-corrected chi connectivity index (χ2v) is 5.77. The van der Waals surface area contributed by atoms with Gasteiger partial charge in [0.2, 0.25) is 11.7 Å². The van der Waals surface area contributed by atoms with Crippen LogP contribution in [0.5, 0.6) is 0 Å². The summed E-state index contributed by atoms with van der Waals surface area (Å²) in [7, 11) is 2.00. The average molecular weight is 329 g/mol. The molecule has 0 unspecified atom stereocenters. The van der Waals surface area contributed by atoms with Crippen molar-refractivity contribution in [2.24, 2.45) is 0 Å². The molecular weight excluding hydrogens is 312 g/mol. The molecule has 0 saturated carbocycles. The van der Waals surface area contributed by atoms with Crippen LogP contribution in [0.4, 0.5) is 0 Å². The maximum Gasteiger partial charge on any atom is 0.241 e. The van der Waals surface area contributed by atoms with Crippen molar-refractivity contribution in [3.63, 3.8) is 0 Å². The molecule has 0 aliphatic carbocycles. The summed E-state index contributed by atoms with van der Waals surface area (Å²) >= 11 is 6.27. The third-order valence-corrected chi connectivity index (χ3v) is 4.13. The maximum absolute atomic E-state index is 6.27. The van der Waals surface area contributed by atoms with E-state index in [4.69, 9.17) is 16.1 Å². The standard InChI is InChI=1S/C17H17ClN4O/c1-12(14-7-3-4-8-15(14)18)22(2)11-16-20-17(21-23-16)13-6-5-9-19-10-13/h3-10,12H,11H2,1-2H3/t12-/m0/s1. The fourth-order valence-electron chi connectivity index (χ4n) is 2.33. The molecule has 0 fully saturated rings. The summed E-state index contributed by atoms with van der Waals surface area (Å²) in [4.78, 5) is 10.6. The van der Waals surface area contributed by atoms with E-state index in [2.05, 4.69) is 26.9 Å². The number of hydrogen-bond acceptors (Lipinski definition) is 5. The molecule has 118 valence electrons. The first kappa shape index (κ1) is 15.6. The van der Waals surface area contributed by atoms with Crippen molar-refractivity contribution < 1.29 is 4.52 Å². The van der Waals surface area contributed by atoms with E-state index >= 15 is 0 Å². The first-order valence-electron chi connectivity index (χ1n) is 7.33. The number of hydrogen-bond donors (Lipinski definition) is 0. The Labute approximate surface area is 139 Å². The Morgan fingerprint density at radius 1 is 1.22 bits per heavy atom. The Hall–Kier alpha value is -2.24. The first-order chi connectivity index (χ1) is 11.1. The van der Waals surface area contributed by atoms with Gasteiger partial charge in [0, 0.05) is 29.0 Å². The van der Waals surface area contributed by atoms with E-state index < -0.39 is 0 Å². The van der Waals surface area contributed by atoms with Crippen LogP contribution < -0.4 is 0 Å². The third-order valence-electron chi connectivity index (χ3n) is 3.79. The van der Waals surface area contributed by atoms with Crippen molar-refractivity contribution in [3.05, 3.63) is 65.3 Å². The van der Waals surface area contributed by atoms with E-state index in [0.29, 0.717) is 18.3 Å². The van der Waals surface area contributed by atoms with Gasteiger partial charge in [0.1, 0.15) is 0 Å². The molecule has 3 rings (SSSR count). The first-order valence-corrected chi connectivity index (χ1v) is 7.70. The quantitative estimate of drug-likeness (QED) is 0.709. The lowest BCUT2D eigenvalue weighted by Gasteiger charge is -2.24. The monoisotopic (exact) mass is 328 g/mol. The van der Waals surface area contributed by atoms with Crippen LogP contribution in [0, 0.1) is 0 Å². The van der Waals surface area contributed by atoms with Gasteiger partial charge in [-0.3, -0.25) is 9.88 Å². The van der Waals surface area contributed by atoms with Crippen LogP contribution in [0.3, 0.4) is 0 Å². The lowest BCUT2D eigenvalue weighted by Crippen LogP contribution is -2.22. The molecule has 3 aromatic rings. The largest absolute Gasteiger partial charge is 0.338 e. The summed E-state index contributed by atoms with van der Waals surface area (Å²) in [6.07, 6.45) is 3.42. The molecule has 1 aromatic carbocycles. The van der Waals surface area contributed by atoms with Crippen LogP contribution in [-0.2, 0) is 6.54 Å². The predicted molar refractivity (Wildman–Crippen MR) is 88.9 cm³/mol. The van der Waals surface area contributed by atoms with E-state index in [1.807, 2.05) is 43.4 Å². The number of pyridine rings is 1. The minimum Gasteiger partial charge on any atom is -0.338 e. The Morgan fingerprint density at radius 2 is 2.04 bits per heavy atom. The number of aromatic nitrogens is 3. The molecular formula is C17H17ClN4O. The normalized spacial score (nSPS) is 12.5. The van der Waals surface area contributed by atoms with Gasteiger partial charge in [-0.25, -0.2) is 0 Å². The van der Waals surface area contributed by atoms with E-state index in [9.17, 15) is 0 Å². The number of benzene rings is 1. The highest BCUT2D eigenvalue weighted by molar-refractivity contribution is 6.31. The van der Waals surface area contributed by atoms with Gasteiger partial charge >= 0.3 is 0 Å². The third kappa shape index (κ3) is 3.57. The zero-order chi connectivity index (χ0) is 16.2. The fourth-order valence-corrected chi connectivity index (χ4v) is 2.63. The summed E-state index contributed by atoms with van der Waals surface area (Å²) in [5.41, 5.74) is 1.91. The van der Waals surface area contributed by atoms with E-state index in [0.717, 1.165) is 16.1 Å². The van der Waals surface area contributed by atoms with Crippen molar-refractivity contribution in [1.82, 2.24) is 20.0 Å². The molecule has 0 radical (unpaired) electrons. The second kappa shape index (κ2) is 6.89. The summed E-state index contributed by atoms with van der Waals surface area (Å²) in [6.45, 7) is 2.64. The molecule has 0 aliphatic heterocycles. The Balaban J connectivity index is 1.72. The summed E-state index contributed by atoms with van der Waals surface area (Å²) < 4.78 is 5.34. The number of halogens is 1. The summed E-state index contributed by atoms with van der Waals surface area (Å²) in [5.74, 6) is 1.11. The van der Waals surface area contributed by atoms with Crippen molar-refractivity contribution in [1.29, 1.82) is 0 Å². The smallest absolute Gasteiger partial charge is 0.241 e. The molecule has 0 aliphatic rings. The molecule has 23 heavy (non-hydrogen) atoms. The van der Waals surface area contributed by atoms with Gasteiger partial charge in [-0.15, -0.1) is 0 Å². The second-order valence-electron chi connectivity index (χ2n) is 5.37. The Kier molecular flexibility index (Phi) is 4.69. The summed E-state index contributed by atoms with van der Waals surface area (Å²) in [5, 5.41) is 4.77. The zero-order valence-electron chi connectivity index (χ0n) is 13.0. The molecule has 0 bridgehead atoms. The molecule has 0 N–H and O–H groups in total. The summed E-state index contributed by atoms with van der Waals surface area (Å²) in [6, 6.07) is 11.7. The van der Waals surface area contributed by atoms with Crippen LogP contribution in [-0.4, -0.2) is 27.1 Å². The van der Waals surface area contributed by atoms with Crippen LogP contribution in [0.1, 0.15) is 24.4 Å². The number of nitrogens with zero attached hydrogens (tertiary/aromatic N) is 4. The van der Waals surface area contributed by atoms with Gasteiger partial charge < -0.3 is 4.52 Å². The highest BCUT2D eigenvalue weighted by Crippen LogP contribution is 2.27. The zero-order valence-corrected chi connectivity index (χ0v) is 13.7. The average Bonchev–Trinajstić information content (AvgIpc) is 3.04. The van der Waals surface area contributed by atoms with Gasteiger partial charge in [0.25, 0.3) is 0 Å². The Bertz CT molecular complexity index is 775. The van der Waals surface area contributed by atoms with Gasteiger partial charge in [-0.1, -0.05) is 35.0 Å². The minimum atomic E-state index is 0.137. The van der Waals surface area contributed by atoms with E-state index in [1.54, 1.807) is 12.4 Å². The molecule has 1 atom stereocenters. The minimum absolute atomic E-state index is 0.137. The van der Waals surface area contributed by atoms with Crippen LogP contribution in [0.15, 0.2) is 53.3 Å². The highest BCUT2D eigenvalue weighted by Gasteiger charge is 2.17. The molecule has 0 spiro atoms. The molecule has 0 saturated heterocycles. The SMILES string of the molecule is C[C@@H](c1ccccc1Cl)N(C)Cc1nc(-c2cccnc2)no1. The van der Waals surface area contributed by atoms with Gasteiger partial charge in [-0.2, -0.15) is 4.98 Å². The number of rotatable bonds is 5. The van der Waals surface area contributed by atoms with Crippen LogP contribution in [0.2, 0.25) is 5.02 Å². The molecule has 2 heterocycles. The molecule has 0 amide bonds. The predicted octanol–water partition coefficient (Wildman–Crippen LogP) is 3.98. The fraction of sp³-hybridized carbons (Fsp3) is 0.235. The lowest BCUT2D eigenvalue weighted by molar-refractivity contribution is 0.216. The maximum atomic E-state index is 6.27. The van der Waals surface area contributed by atoms with Crippen molar-refractivity contribution in [2.45, 2.75) is 19.5 Å². The van der Waals surface area contributed by atoms with Crippen molar-refractivity contribution in [3.8, 4) is 11.4 Å². The van der Waals surface area contributed by atoms with E-state index in [-0.39, 0.29) is 6.04 Å². The van der Waals surface area contributed by atoms with Gasteiger partial charge in [-0.05, 0) is 37.7 Å². The van der Waals surface area contributed by atoms with E-state index in [1.165, 1.54) is 0 Å². The van der Waals surface area contributed by atoms with Crippen molar-refractivity contribution in [2.75, 3.05) is 7.05 Å². The molecule has 5 nitrogen and oxygen atoms in total. The van der Waals surface area contributed by atoms with Gasteiger partial charge in [0.15, 0.2) is 0 Å². The lowest BCUT2D eigenvalue weighted by atomic mass is 10.1.